The Hall–Kier alpha value is -2.90. The average molecular weight is 412 g/mol. The van der Waals surface area contributed by atoms with Gasteiger partial charge in [-0.05, 0) is 47.5 Å². The van der Waals surface area contributed by atoms with Crippen LogP contribution in [0.3, 0.4) is 0 Å². The van der Waals surface area contributed by atoms with Crippen LogP contribution < -0.4 is 10.2 Å². The summed E-state index contributed by atoms with van der Waals surface area (Å²) in [6.07, 6.45) is 0. The van der Waals surface area contributed by atoms with Crippen LogP contribution in [-0.4, -0.2) is 46.3 Å². The Morgan fingerprint density at radius 3 is 2.31 bits per heavy atom. The fourth-order valence-electron chi connectivity index (χ4n) is 3.02. The summed E-state index contributed by atoms with van der Waals surface area (Å²) >= 11 is 0. The van der Waals surface area contributed by atoms with Crippen LogP contribution in [0.2, 0.25) is 0 Å². The lowest BCUT2D eigenvalue weighted by Gasteiger charge is -2.20. The third-order valence-corrected chi connectivity index (χ3v) is 6.63. The van der Waals surface area contributed by atoms with Crippen molar-refractivity contribution < 1.29 is 13.2 Å². The van der Waals surface area contributed by atoms with Crippen LogP contribution >= 0.6 is 0 Å². The number of rotatable bonds is 6. The molecule has 0 saturated carbocycles. The predicted octanol–water partition coefficient (Wildman–Crippen LogP) is 3.47. The molecule has 3 aromatic carbocycles. The molecule has 0 spiro atoms. The van der Waals surface area contributed by atoms with Crippen molar-refractivity contribution in [2.24, 2.45) is 0 Å². The van der Waals surface area contributed by atoms with Gasteiger partial charge in [0.25, 0.3) is 0 Å². The van der Waals surface area contributed by atoms with E-state index in [1.807, 2.05) is 61.3 Å². The highest BCUT2D eigenvalue weighted by Gasteiger charge is 2.19. The van der Waals surface area contributed by atoms with Gasteiger partial charge in [-0.2, -0.15) is 0 Å². The van der Waals surface area contributed by atoms with Gasteiger partial charge in [0.1, 0.15) is 0 Å². The summed E-state index contributed by atoms with van der Waals surface area (Å²) in [5, 5.41) is 5.08. The number of nitrogens with one attached hydrogen (secondary N) is 1. The number of nitrogens with zero attached hydrogens (tertiary/aromatic N) is 2. The highest BCUT2D eigenvalue weighted by molar-refractivity contribution is 7.89. The van der Waals surface area contributed by atoms with Gasteiger partial charge in [0.15, 0.2) is 0 Å². The third-order valence-electron chi connectivity index (χ3n) is 4.82. The number of amides is 1. The molecule has 6 nitrogen and oxygen atoms in total. The second-order valence-electron chi connectivity index (χ2n) is 7.20. The van der Waals surface area contributed by atoms with E-state index in [4.69, 9.17) is 0 Å². The Morgan fingerprint density at radius 2 is 1.62 bits per heavy atom. The van der Waals surface area contributed by atoms with Crippen molar-refractivity contribution >= 4 is 38.1 Å². The molecule has 1 amide bonds. The second-order valence-corrected chi connectivity index (χ2v) is 9.35. The summed E-state index contributed by atoms with van der Waals surface area (Å²) in [4.78, 5) is 14.6. The van der Waals surface area contributed by atoms with Gasteiger partial charge in [-0.15, -0.1) is 0 Å². The zero-order chi connectivity index (χ0) is 21.2. The van der Waals surface area contributed by atoms with Crippen molar-refractivity contribution in [3.05, 3.63) is 66.2 Å². The van der Waals surface area contributed by atoms with Gasteiger partial charge in [0, 0.05) is 32.5 Å². The number of fused-ring (bicyclic) bond motifs is 1. The van der Waals surface area contributed by atoms with E-state index in [1.54, 1.807) is 12.1 Å². The van der Waals surface area contributed by atoms with Crippen LogP contribution in [0.15, 0.2) is 65.6 Å². The van der Waals surface area contributed by atoms with Gasteiger partial charge in [-0.25, -0.2) is 12.7 Å². The lowest BCUT2D eigenvalue weighted by Crippen LogP contribution is -2.30. The minimum absolute atomic E-state index is 0.141. The monoisotopic (exact) mass is 411 g/mol. The lowest BCUT2D eigenvalue weighted by molar-refractivity contribution is -0.114. The maximum absolute atomic E-state index is 12.6. The molecule has 1 N–H and O–H groups in total. The van der Waals surface area contributed by atoms with Gasteiger partial charge in [0.05, 0.1) is 11.4 Å². The molecule has 0 saturated heterocycles. The molecule has 0 bridgehead atoms. The molecule has 0 fully saturated rings. The highest BCUT2D eigenvalue weighted by atomic mass is 32.2. The molecule has 0 aliphatic rings. The van der Waals surface area contributed by atoms with E-state index in [1.165, 1.54) is 20.2 Å². The topological polar surface area (TPSA) is 69.7 Å². The van der Waals surface area contributed by atoms with Crippen LogP contribution in [-0.2, 0) is 14.8 Å². The number of likely N-dealkylation sites (N-methyl/N-ethyl adjacent to an activating group) is 1. The molecule has 0 atom stereocenters. The SMILES string of the molecule is Cc1ccc(S(=O)(=O)N(C)C)cc1NC(=O)CN(C)c1ccc2ccccc2c1. The fraction of sp³-hybridized carbons (Fsp3) is 0.227. The number of benzene rings is 3. The van der Waals surface area contributed by atoms with Crippen molar-refractivity contribution in [3.8, 4) is 0 Å². The van der Waals surface area contributed by atoms with Crippen molar-refractivity contribution in [3.63, 3.8) is 0 Å². The highest BCUT2D eigenvalue weighted by Crippen LogP contribution is 2.23. The summed E-state index contributed by atoms with van der Waals surface area (Å²) in [6, 6.07) is 18.8. The maximum Gasteiger partial charge on any atom is 0.243 e. The summed E-state index contributed by atoms with van der Waals surface area (Å²) in [5.74, 6) is -0.219. The van der Waals surface area contributed by atoms with E-state index in [0.29, 0.717) is 5.69 Å². The number of sulfonamides is 1. The standard InChI is InChI=1S/C22H25N3O3S/c1-16-9-12-20(29(27,28)24(2)3)14-21(16)23-22(26)15-25(4)19-11-10-17-7-5-6-8-18(17)13-19/h5-14H,15H2,1-4H3,(H,23,26). The first-order valence-corrected chi connectivity index (χ1v) is 10.7. The number of hydrogen-bond acceptors (Lipinski definition) is 4. The summed E-state index contributed by atoms with van der Waals surface area (Å²) in [6.45, 7) is 1.97. The summed E-state index contributed by atoms with van der Waals surface area (Å²) in [5.41, 5.74) is 2.22. The number of carbonyl (C=O) groups is 1. The number of hydrogen-bond donors (Lipinski definition) is 1. The Morgan fingerprint density at radius 1 is 0.931 bits per heavy atom. The molecule has 0 unspecified atom stereocenters. The smallest absolute Gasteiger partial charge is 0.243 e. The Kier molecular flexibility index (Phi) is 5.91. The first-order valence-electron chi connectivity index (χ1n) is 9.21. The number of carbonyl (C=O) groups excluding carboxylic acids is 1. The van der Waals surface area contributed by atoms with Gasteiger partial charge in [-0.3, -0.25) is 4.79 Å². The molecule has 152 valence electrons. The summed E-state index contributed by atoms with van der Waals surface area (Å²) in [7, 11) is 1.24. The molecule has 29 heavy (non-hydrogen) atoms. The van der Waals surface area contributed by atoms with Gasteiger partial charge >= 0.3 is 0 Å². The average Bonchev–Trinajstić information content (AvgIpc) is 2.68. The largest absolute Gasteiger partial charge is 0.365 e. The van der Waals surface area contributed by atoms with Crippen LogP contribution in [0.4, 0.5) is 11.4 Å². The fourth-order valence-corrected chi connectivity index (χ4v) is 3.95. The first-order chi connectivity index (χ1) is 13.7. The minimum atomic E-state index is -3.57. The van der Waals surface area contributed by atoms with E-state index in [0.717, 1.165) is 26.3 Å². The third kappa shape index (κ3) is 4.58. The molecule has 0 aliphatic carbocycles. The van der Waals surface area contributed by atoms with Crippen molar-refractivity contribution in [2.45, 2.75) is 11.8 Å². The molecule has 3 aromatic rings. The van der Waals surface area contributed by atoms with Crippen LogP contribution in [0, 0.1) is 6.92 Å². The maximum atomic E-state index is 12.6. The molecule has 0 aliphatic heterocycles. The van der Waals surface area contributed by atoms with Gasteiger partial charge in [-0.1, -0.05) is 36.4 Å². The van der Waals surface area contributed by atoms with E-state index in [2.05, 4.69) is 5.32 Å². The first kappa shape index (κ1) is 20.8. The normalized spacial score (nSPS) is 11.6. The molecule has 3 rings (SSSR count). The number of aryl methyl sites for hydroxylation is 1. The molecule has 0 heterocycles. The van der Waals surface area contributed by atoms with Gasteiger partial charge < -0.3 is 10.2 Å². The summed E-state index contributed by atoms with van der Waals surface area (Å²) < 4.78 is 25.9. The van der Waals surface area contributed by atoms with Crippen LogP contribution in [0.1, 0.15) is 5.56 Å². The molecule has 0 radical (unpaired) electrons. The predicted molar refractivity (Wildman–Crippen MR) is 118 cm³/mol. The van der Waals surface area contributed by atoms with E-state index in [9.17, 15) is 13.2 Å². The molecular weight excluding hydrogens is 386 g/mol. The van der Waals surface area contributed by atoms with E-state index < -0.39 is 10.0 Å². The van der Waals surface area contributed by atoms with Crippen LogP contribution in [0.5, 0.6) is 0 Å². The Bertz CT molecular complexity index is 1160. The lowest BCUT2D eigenvalue weighted by atomic mass is 10.1. The Balaban J connectivity index is 1.76. The van der Waals surface area contributed by atoms with Crippen molar-refractivity contribution in [1.29, 1.82) is 0 Å². The molecule has 0 aromatic heterocycles. The zero-order valence-corrected chi connectivity index (χ0v) is 17.8. The molecule has 7 heteroatoms. The van der Waals surface area contributed by atoms with Crippen LogP contribution in [0.25, 0.3) is 10.8 Å². The Labute approximate surface area is 171 Å². The quantitative estimate of drug-likeness (QED) is 0.674. The van der Waals surface area contributed by atoms with Crippen molar-refractivity contribution in [2.75, 3.05) is 37.9 Å². The minimum Gasteiger partial charge on any atom is -0.365 e. The number of anilines is 2. The van der Waals surface area contributed by atoms with Gasteiger partial charge in [0.2, 0.25) is 15.9 Å². The molecular formula is C22H25N3O3S. The van der Waals surface area contributed by atoms with Crippen molar-refractivity contribution in [1.82, 2.24) is 4.31 Å². The van der Waals surface area contributed by atoms with E-state index in [-0.39, 0.29) is 17.3 Å². The second kappa shape index (κ2) is 8.23. The van der Waals surface area contributed by atoms with E-state index >= 15 is 0 Å². The zero-order valence-electron chi connectivity index (χ0n) is 17.0.